The molecule has 9 heteroatoms. The van der Waals surface area contributed by atoms with Crippen LogP contribution in [-0.4, -0.2) is 8.42 Å². The lowest BCUT2D eigenvalue weighted by atomic mass is 10.1. The van der Waals surface area contributed by atoms with Crippen LogP contribution in [-0.2, 0) is 10.0 Å². The molecule has 3 nitrogen and oxygen atoms in total. The van der Waals surface area contributed by atoms with Gasteiger partial charge in [-0.15, -0.1) is 0 Å². The minimum absolute atomic E-state index is 0.196. The molecule has 1 atom stereocenters. The van der Waals surface area contributed by atoms with E-state index in [2.05, 4.69) is 0 Å². The second-order valence-corrected chi connectivity index (χ2v) is 6.36. The molecule has 0 heterocycles. The molecule has 124 valence electrons. The predicted octanol–water partition coefficient (Wildman–Crippen LogP) is 3.42. The van der Waals surface area contributed by atoms with Crippen molar-refractivity contribution in [3.63, 3.8) is 0 Å². The minimum atomic E-state index is -4.60. The highest BCUT2D eigenvalue weighted by molar-refractivity contribution is 7.89. The average molecular weight is 351 g/mol. The van der Waals surface area contributed by atoms with E-state index in [0.717, 1.165) is 12.1 Å². The predicted molar refractivity (Wildman–Crippen MR) is 71.4 cm³/mol. The van der Waals surface area contributed by atoms with Gasteiger partial charge >= 0.3 is 0 Å². The van der Waals surface area contributed by atoms with E-state index in [1.807, 2.05) is 4.72 Å². The topological polar surface area (TPSA) is 46.2 Å². The Labute approximate surface area is 128 Å². The molecule has 0 aromatic heterocycles. The fraction of sp³-hybridized carbons (Fsp3) is 0.143. The molecule has 0 unspecified atom stereocenters. The molecule has 2 aromatic rings. The van der Waals surface area contributed by atoms with Crippen LogP contribution < -0.4 is 4.72 Å². The largest absolute Gasteiger partial charge is 0.244 e. The average Bonchev–Trinajstić information content (AvgIpc) is 2.43. The van der Waals surface area contributed by atoms with E-state index in [4.69, 9.17) is 0 Å². The maximum Gasteiger partial charge on any atom is 0.244 e. The molecule has 1 N–H and O–H groups in total. The molecule has 23 heavy (non-hydrogen) atoms. The fourth-order valence-corrected chi connectivity index (χ4v) is 3.22. The monoisotopic (exact) mass is 351 g/mol. The Balaban J connectivity index is 2.36. The summed E-state index contributed by atoms with van der Waals surface area (Å²) in [6, 6.07) is 2.28. The van der Waals surface area contributed by atoms with Crippen molar-refractivity contribution in [1.82, 2.24) is 4.72 Å². The molecular formula is C14H10F5NO2S. The first kappa shape index (κ1) is 17.4. The normalized spacial score (nSPS) is 13.1. The van der Waals surface area contributed by atoms with Gasteiger partial charge in [0, 0.05) is 17.7 Å². The molecule has 0 spiro atoms. The molecule has 0 saturated heterocycles. The van der Waals surface area contributed by atoms with Gasteiger partial charge in [-0.05, 0) is 25.1 Å². The Kier molecular flexibility index (Phi) is 4.71. The Bertz CT molecular complexity index is 854. The van der Waals surface area contributed by atoms with Crippen LogP contribution in [0.15, 0.2) is 35.2 Å². The van der Waals surface area contributed by atoms with Crippen LogP contribution in [0.3, 0.4) is 0 Å². The van der Waals surface area contributed by atoms with Crippen LogP contribution >= 0.6 is 0 Å². The van der Waals surface area contributed by atoms with Crippen molar-refractivity contribution in [3.8, 4) is 0 Å². The first-order valence-corrected chi connectivity index (χ1v) is 7.72. The van der Waals surface area contributed by atoms with Crippen LogP contribution in [0.5, 0.6) is 0 Å². The third kappa shape index (κ3) is 3.50. The van der Waals surface area contributed by atoms with Gasteiger partial charge in [-0.1, -0.05) is 6.07 Å². The molecule has 0 bridgehead atoms. The molecule has 0 fully saturated rings. The van der Waals surface area contributed by atoms with Crippen LogP contribution in [0.4, 0.5) is 22.0 Å². The van der Waals surface area contributed by atoms with Gasteiger partial charge in [0.15, 0.2) is 17.5 Å². The van der Waals surface area contributed by atoms with Gasteiger partial charge in [-0.25, -0.2) is 35.1 Å². The van der Waals surface area contributed by atoms with Gasteiger partial charge in [0.25, 0.3) is 0 Å². The quantitative estimate of drug-likeness (QED) is 0.678. The van der Waals surface area contributed by atoms with Gasteiger partial charge in [0.2, 0.25) is 10.0 Å². The summed E-state index contributed by atoms with van der Waals surface area (Å²) in [7, 11) is -4.60. The van der Waals surface area contributed by atoms with Crippen molar-refractivity contribution < 1.29 is 30.4 Å². The smallest absolute Gasteiger partial charge is 0.207 e. The molecule has 2 rings (SSSR count). The molecule has 0 aliphatic rings. The highest BCUT2D eigenvalue weighted by Gasteiger charge is 2.26. The number of rotatable bonds is 4. The van der Waals surface area contributed by atoms with E-state index in [0.29, 0.717) is 18.2 Å². The second kappa shape index (κ2) is 6.25. The number of sulfonamides is 1. The number of nitrogens with one attached hydrogen (secondary N) is 1. The Morgan fingerprint density at radius 1 is 0.913 bits per heavy atom. The summed E-state index contributed by atoms with van der Waals surface area (Å²) in [5, 5.41) is 0. The van der Waals surface area contributed by atoms with Gasteiger partial charge in [-0.3, -0.25) is 0 Å². The van der Waals surface area contributed by atoms with E-state index in [1.165, 1.54) is 6.92 Å². The minimum Gasteiger partial charge on any atom is -0.207 e. The SMILES string of the molecule is C[C@H](NS(=O)(=O)c1ccc(F)c(F)c1F)c1ccc(F)cc1F. The lowest BCUT2D eigenvalue weighted by Gasteiger charge is -2.16. The molecule has 0 amide bonds. The first-order chi connectivity index (χ1) is 10.6. The summed E-state index contributed by atoms with van der Waals surface area (Å²) < 4.78 is 92.0. The highest BCUT2D eigenvalue weighted by Crippen LogP contribution is 2.23. The van der Waals surface area contributed by atoms with E-state index < -0.39 is 50.0 Å². The number of halogens is 5. The second-order valence-electron chi connectivity index (χ2n) is 4.68. The first-order valence-electron chi connectivity index (χ1n) is 6.24. The van der Waals surface area contributed by atoms with Gasteiger partial charge < -0.3 is 0 Å². The summed E-state index contributed by atoms with van der Waals surface area (Å²) in [5.41, 5.74) is -0.196. The van der Waals surface area contributed by atoms with E-state index in [-0.39, 0.29) is 5.56 Å². The van der Waals surface area contributed by atoms with Crippen molar-refractivity contribution in [3.05, 3.63) is 65.0 Å². The third-order valence-corrected chi connectivity index (χ3v) is 4.61. The number of hydrogen-bond donors (Lipinski definition) is 1. The highest BCUT2D eigenvalue weighted by atomic mass is 32.2. The molecular weight excluding hydrogens is 341 g/mol. The zero-order chi connectivity index (χ0) is 17.4. The van der Waals surface area contributed by atoms with Crippen LogP contribution in [0.1, 0.15) is 18.5 Å². The summed E-state index contributed by atoms with van der Waals surface area (Å²) in [4.78, 5) is -1.12. The van der Waals surface area contributed by atoms with Gasteiger partial charge in [-0.2, -0.15) is 0 Å². The molecule has 0 saturated carbocycles. The number of hydrogen-bond acceptors (Lipinski definition) is 2. The van der Waals surface area contributed by atoms with Crippen molar-refractivity contribution in [2.45, 2.75) is 17.9 Å². The summed E-state index contributed by atoms with van der Waals surface area (Å²) in [6.07, 6.45) is 0. The Morgan fingerprint density at radius 2 is 1.57 bits per heavy atom. The van der Waals surface area contributed by atoms with Crippen molar-refractivity contribution in [2.24, 2.45) is 0 Å². The molecule has 0 aliphatic carbocycles. The van der Waals surface area contributed by atoms with Crippen LogP contribution in [0, 0.1) is 29.1 Å². The Morgan fingerprint density at radius 3 is 2.17 bits per heavy atom. The zero-order valence-corrected chi connectivity index (χ0v) is 12.4. The summed E-state index contributed by atoms with van der Waals surface area (Å²) in [5.74, 6) is -7.23. The zero-order valence-electron chi connectivity index (χ0n) is 11.6. The standard InChI is InChI=1S/C14H10F5NO2S/c1-7(9-3-2-8(15)6-11(9)17)20-23(21,22)12-5-4-10(16)13(18)14(12)19/h2-7,20H,1H3/t7-/m0/s1. The summed E-state index contributed by atoms with van der Waals surface area (Å²) >= 11 is 0. The molecule has 0 aliphatic heterocycles. The third-order valence-electron chi connectivity index (χ3n) is 3.05. The van der Waals surface area contributed by atoms with Crippen molar-refractivity contribution >= 4 is 10.0 Å². The van der Waals surface area contributed by atoms with E-state index >= 15 is 0 Å². The number of benzene rings is 2. The molecule has 2 aromatic carbocycles. The lowest BCUT2D eigenvalue weighted by molar-refractivity contribution is 0.431. The summed E-state index contributed by atoms with van der Waals surface area (Å²) in [6.45, 7) is 1.23. The maximum absolute atomic E-state index is 13.6. The van der Waals surface area contributed by atoms with Gasteiger partial charge in [0.05, 0.1) is 0 Å². The van der Waals surface area contributed by atoms with Crippen molar-refractivity contribution in [2.75, 3.05) is 0 Å². The van der Waals surface area contributed by atoms with Crippen molar-refractivity contribution in [1.29, 1.82) is 0 Å². The molecule has 0 radical (unpaired) electrons. The van der Waals surface area contributed by atoms with E-state index in [9.17, 15) is 30.4 Å². The van der Waals surface area contributed by atoms with Crippen LogP contribution in [0.25, 0.3) is 0 Å². The van der Waals surface area contributed by atoms with Gasteiger partial charge in [0.1, 0.15) is 16.5 Å². The fourth-order valence-electron chi connectivity index (χ4n) is 1.93. The lowest BCUT2D eigenvalue weighted by Crippen LogP contribution is -2.28. The van der Waals surface area contributed by atoms with Crippen LogP contribution in [0.2, 0.25) is 0 Å². The maximum atomic E-state index is 13.6. The van der Waals surface area contributed by atoms with E-state index in [1.54, 1.807) is 0 Å². The Hall–Kier alpha value is -2.00.